The predicted molar refractivity (Wildman–Crippen MR) is 55.5 cm³/mol. The third kappa shape index (κ3) is 1.30. The van der Waals surface area contributed by atoms with Crippen molar-refractivity contribution in [1.29, 1.82) is 0 Å². The van der Waals surface area contributed by atoms with Gasteiger partial charge >= 0.3 is 0 Å². The minimum atomic E-state index is -0.148. The molecule has 0 aromatic heterocycles. The summed E-state index contributed by atoms with van der Waals surface area (Å²) >= 11 is 0. The van der Waals surface area contributed by atoms with Crippen molar-refractivity contribution >= 4 is 0 Å². The molecule has 1 atom stereocenters. The molecular weight excluding hydrogens is 176 g/mol. The Morgan fingerprint density at radius 2 is 2.07 bits per heavy atom. The lowest BCUT2D eigenvalue weighted by atomic mass is 9.85. The highest BCUT2D eigenvalue weighted by molar-refractivity contribution is 5.43. The van der Waals surface area contributed by atoms with Crippen molar-refractivity contribution in [3.8, 4) is 5.75 Å². The van der Waals surface area contributed by atoms with E-state index >= 15 is 0 Å². The molecule has 0 bridgehead atoms. The molecule has 0 spiro atoms. The Hall–Kier alpha value is -1.02. The summed E-state index contributed by atoms with van der Waals surface area (Å²) in [5.41, 5.74) is 1.19. The van der Waals surface area contributed by atoms with Gasteiger partial charge in [0.2, 0.25) is 6.29 Å². The molecule has 0 saturated carbocycles. The number of para-hydroxylation sites is 1. The van der Waals surface area contributed by atoms with Gasteiger partial charge in [-0.2, -0.15) is 0 Å². The summed E-state index contributed by atoms with van der Waals surface area (Å²) in [6, 6.07) is 8.13. The van der Waals surface area contributed by atoms with Gasteiger partial charge in [-0.3, -0.25) is 0 Å². The second-order valence-corrected chi connectivity index (χ2v) is 4.12. The minimum absolute atomic E-state index is 0.0490. The summed E-state index contributed by atoms with van der Waals surface area (Å²) in [6.45, 7) is 6.98. The van der Waals surface area contributed by atoms with Crippen LogP contribution < -0.4 is 4.74 Å². The van der Waals surface area contributed by atoms with Gasteiger partial charge in [0.05, 0.1) is 5.41 Å². The van der Waals surface area contributed by atoms with Crippen LogP contribution in [0.4, 0.5) is 0 Å². The molecule has 1 unspecified atom stereocenters. The molecule has 0 saturated heterocycles. The third-order valence-electron chi connectivity index (χ3n) is 2.72. The average molecular weight is 192 g/mol. The van der Waals surface area contributed by atoms with Gasteiger partial charge < -0.3 is 9.47 Å². The van der Waals surface area contributed by atoms with Gasteiger partial charge in [0.25, 0.3) is 0 Å². The molecule has 1 heterocycles. The van der Waals surface area contributed by atoms with Crippen LogP contribution in [-0.4, -0.2) is 12.9 Å². The van der Waals surface area contributed by atoms with Gasteiger partial charge in [-0.1, -0.05) is 18.2 Å². The maximum Gasteiger partial charge on any atom is 0.209 e. The zero-order valence-electron chi connectivity index (χ0n) is 8.91. The van der Waals surface area contributed by atoms with E-state index in [1.165, 1.54) is 5.56 Å². The van der Waals surface area contributed by atoms with E-state index in [9.17, 15) is 0 Å². The highest BCUT2D eigenvalue weighted by Crippen LogP contribution is 2.42. The van der Waals surface area contributed by atoms with Crippen LogP contribution in [0.15, 0.2) is 24.3 Å². The van der Waals surface area contributed by atoms with Gasteiger partial charge in [0.1, 0.15) is 5.75 Å². The Kier molecular flexibility index (Phi) is 2.23. The van der Waals surface area contributed by atoms with E-state index in [1.54, 1.807) is 0 Å². The van der Waals surface area contributed by atoms with Gasteiger partial charge in [0, 0.05) is 12.2 Å². The fourth-order valence-corrected chi connectivity index (χ4v) is 1.89. The summed E-state index contributed by atoms with van der Waals surface area (Å²) in [7, 11) is 0. The summed E-state index contributed by atoms with van der Waals surface area (Å²) < 4.78 is 11.3. The lowest BCUT2D eigenvalue weighted by Crippen LogP contribution is -2.34. The van der Waals surface area contributed by atoms with E-state index in [2.05, 4.69) is 19.9 Å². The summed E-state index contributed by atoms with van der Waals surface area (Å²) in [5, 5.41) is 0. The Balaban J connectivity index is 2.35. The lowest BCUT2D eigenvalue weighted by Gasteiger charge is -2.25. The highest BCUT2D eigenvalue weighted by Gasteiger charge is 2.41. The second kappa shape index (κ2) is 3.28. The number of hydrogen-bond acceptors (Lipinski definition) is 2. The standard InChI is InChI=1S/C12H16O2/c1-4-13-11-12(2,3)9-7-5-6-8-10(9)14-11/h5-8,11H,4H2,1-3H3. The maximum atomic E-state index is 5.74. The SMILES string of the molecule is CCOC1Oc2ccccc2C1(C)C. The quantitative estimate of drug-likeness (QED) is 0.717. The molecule has 76 valence electrons. The first-order valence-corrected chi connectivity index (χ1v) is 5.04. The summed E-state index contributed by atoms with van der Waals surface area (Å²) in [5.74, 6) is 0.955. The molecule has 0 N–H and O–H groups in total. The first-order valence-electron chi connectivity index (χ1n) is 5.04. The Labute approximate surface area is 84.8 Å². The van der Waals surface area contributed by atoms with Crippen molar-refractivity contribution in [3.05, 3.63) is 29.8 Å². The minimum Gasteiger partial charge on any atom is -0.464 e. The molecule has 0 radical (unpaired) electrons. The van der Waals surface area contributed by atoms with Gasteiger partial charge in [-0.15, -0.1) is 0 Å². The first-order chi connectivity index (χ1) is 6.66. The molecule has 2 rings (SSSR count). The van der Waals surface area contributed by atoms with Crippen LogP contribution in [0.5, 0.6) is 5.75 Å². The Bertz CT molecular complexity index is 331. The van der Waals surface area contributed by atoms with Crippen molar-refractivity contribution in [1.82, 2.24) is 0 Å². The molecular formula is C12H16O2. The van der Waals surface area contributed by atoms with E-state index < -0.39 is 0 Å². The molecule has 2 nitrogen and oxygen atoms in total. The van der Waals surface area contributed by atoms with Crippen LogP contribution in [0.25, 0.3) is 0 Å². The Morgan fingerprint density at radius 3 is 2.71 bits per heavy atom. The molecule has 0 aliphatic carbocycles. The van der Waals surface area contributed by atoms with Gasteiger partial charge in [-0.05, 0) is 26.8 Å². The lowest BCUT2D eigenvalue weighted by molar-refractivity contribution is -0.0981. The smallest absolute Gasteiger partial charge is 0.209 e. The monoisotopic (exact) mass is 192 g/mol. The van der Waals surface area contributed by atoms with Crippen LogP contribution in [0.2, 0.25) is 0 Å². The molecule has 0 fully saturated rings. The number of hydrogen-bond donors (Lipinski definition) is 0. The maximum absolute atomic E-state index is 5.74. The van der Waals surface area contributed by atoms with E-state index in [0.717, 1.165) is 5.75 Å². The van der Waals surface area contributed by atoms with E-state index in [-0.39, 0.29) is 11.7 Å². The van der Waals surface area contributed by atoms with Crippen molar-refractivity contribution < 1.29 is 9.47 Å². The summed E-state index contributed by atoms with van der Waals surface area (Å²) in [4.78, 5) is 0. The molecule has 2 heteroatoms. The topological polar surface area (TPSA) is 18.5 Å². The average Bonchev–Trinajstić information content (AvgIpc) is 2.41. The van der Waals surface area contributed by atoms with Gasteiger partial charge in [-0.25, -0.2) is 0 Å². The molecule has 1 aliphatic heterocycles. The van der Waals surface area contributed by atoms with E-state index in [1.807, 2.05) is 25.1 Å². The zero-order chi connectivity index (χ0) is 10.2. The molecule has 1 aliphatic rings. The summed E-state index contributed by atoms with van der Waals surface area (Å²) in [6.07, 6.45) is -0.148. The number of ether oxygens (including phenoxy) is 2. The van der Waals surface area contributed by atoms with Crippen molar-refractivity contribution in [2.24, 2.45) is 0 Å². The van der Waals surface area contributed by atoms with E-state index in [0.29, 0.717) is 6.61 Å². The fourth-order valence-electron chi connectivity index (χ4n) is 1.89. The Morgan fingerprint density at radius 1 is 1.36 bits per heavy atom. The highest BCUT2D eigenvalue weighted by atomic mass is 16.7. The van der Waals surface area contributed by atoms with Crippen LogP contribution in [0, 0.1) is 0 Å². The zero-order valence-corrected chi connectivity index (χ0v) is 8.91. The van der Waals surface area contributed by atoms with Crippen LogP contribution in [-0.2, 0) is 10.2 Å². The third-order valence-corrected chi connectivity index (χ3v) is 2.72. The molecule has 1 aromatic rings. The second-order valence-electron chi connectivity index (χ2n) is 4.12. The molecule has 1 aromatic carbocycles. The molecule has 14 heavy (non-hydrogen) atoms. The predicted octanol–water partition coefficient (Wildman–Crippen LogP) is 2.72. The number of benzene rings is 1. The largest absolute Gasteiger partial charge is 0.464 e. The van der Waals surface area contributed by atoms with E-state index in [4.69, 9.17) is 9.47 Å². The molecule has 0 amide bonds. The normalized spacial score (nSPS) is 22.9. The first kappa shape index (κ1) is 9.53. The van der Waals surface area contributed by atoms with Crippen molar-refractivity contribution in [3.63, 3.8) is 0 Å². The fraction of sp³-hybridized carbons (Fsp3) is 0.500. The van der Waals surface area contributed by atoms with Crippen molar-refractivity contribution in [2.45, 2.75) is 32.5 Å². The number of rotatable bonds is 2. The van der Waals surface area contributed by atoms with Crippen molar-refractivity contribution in [2.75, 3.05) is 6.61 Å². The van der Waals surface area contributed by atoms with Crippen LogP contribution in [0.3, 0.4) is 0 Å². The van der Waals surface area contributed by atoms with Crippen LogP contribution in [0.1, 0.15) is 26.3 Å². The number of fused-ring (bicyclic) bond motifs is 1. The van der Waals surface area contributed by atoms with Gasteiger partial charge in [0.15, 0.2) is 0 Å². The van der Waals surface area contributed by atoms with Crippen LogP contribution >= 0.6 is 0 Å².